The van der Waals surface area contributed by atoms with Gasteiger partial charge in [-0.1, -0.05) is 6.07 Å². The number of halogens is 1. The highest BCUT2D eigenvalue weighted by Gasteiger charge is 2.18. The number of carbonyl (C=O) groups is 3. The van der Waals surface area contributed by atoms with Crippen LogP contribution in [0, 0.1) is 5.82 Å². The fourth-order valence-corrected chi connectivity index (χ4v) is 4.39. The Hall–Kier alpha value is -4.47. The number of amides is 3. The van der Waals surface area contributed by atoms with Crippen molar-refractivity contribution in [1.29, 1.82) is 0 Å². The van der Waals surface area contributed by atoms with Gasteiger partial charge in [-0.25, -0.2) is 9.37 Å². The predicted molar refractivity (Wildman–Crippen MR) is 143 cm³/mol. The Bertz CT molecular complexity index is 1350. The Kier molecular flexibility index (Phi) is 9.09. The van der Waals surface area contributed by atoms with Crippen molar-refractivity contribution in [1.82, 2.24) is 20.5 Å². The van der Waals surface area contributed by atoms with E-state index in [1.165, 1.54) is 37.6 Å². The normalized spacial score (nSPS) is 15.3. The predicted octanol–water partition coefficient (Wildman–Crippen LogP) is 3.32. The highest BCUT2D eigenvalue weighted by Crippen LogP contribution is 2.33. The molecule has 10 heteroatoms. The van der Waals surface area contributed by atoms with E-state index >= 15 is 0 Å². The third-order valence-electron chi connectivity index (χ3n) is 6.52. The third-order valence-corrected chi connectivity index (χ3v) is 6.52. The number of benzene rings is 2. The molecule has 204 valence electrons. The fourth-order valence-electron chi connectivity index (χ4n) is 4.39. The number of phenolic OH excluding ortho intramolecular Hbond substituents is 1. The summed E-state index contributed by atoms with van der Waals surface area (Å²) in [4.78, 5) is 44.2. The number of nitrogens with zero attached hydrogens (tertiary/aromatic N) is 2. The zero-order chi connectivity index (χ0) is 27.8. The summed E-state index contributed by atoms with van der Waals surface area (Å²) in [6, 6.07) is 12.1. The van der Waals surface area contributed by atoms with Crippen LogP contribution in [0.4, 0.5) is 4.39 Å². The second-order valence-electron chi connectivity index (χ2n) is 9.24. The van der Waals surface area contributed by atoms with Crippen LogP contribution >= 0.6 is 0 Å². The highest BCUT2D eigenvalue weighted by atomic mass is 19.1. The van der Waals surface area contributed by atoms with Gasteiger partial charge >= 0.3 is 0 Å². The van der Waals surface area contributed by atoms with E-state index in [1.807, 2.05) is 0 Å². The molecule has 4 rings (SSSR count). The maximum Gasteiger partial charge on any atom is 0.255 e. The molecule has 3 amide bonds. The van der Waals surface area contributed by atoms with Crippen LogP contribution in [0.25, 0.3) is 11.1 Å². The molecule has 39 heavy (non-hydrogen) atoms. The Balaban J connectivity index is 1.54. The summed E-state index contributed by atoms with van der Waals surface area (Å²) in [5.74, 6) is -1.05. The molecule has 1 aliphatic heterocycles. The van der Waals surface area contributed by atoms with E-state index in [1.54, 1.807) is 29.2 Å². The average molecular weight is 535 g/mol. The molecular weight excluding hydrogens is 503 g/mol. The number of fused-ring (bicyclic) bond motifs is 5. The highest BCUT2D eigenvalue weighted by molar-refractivity contribution is 5.96. The van der Waals surface area contributed by atoms with Crippen LogP contribution in [0.3, 0.4) is 0 Å². The van der Waals surface area contributed by atoms with Gasteiger partial charge in [0.15, 0.2) is 0 Å². The maximum atomic E-state index is 14.7. The summed E-state index contributed by atoms with van der Waals surface area (Å²) in [6.45, 7) is 1.33. The number of phenols is 1. The first-order chi connectivity index (χ1) is 18.9. The molecule has 4 bridgehead atoms. The molecule has 0 unspecified atom stereocenters. The lowest BCUT2D eigenvalue weighted by Crippen LogP contribution is -2.36. The van der Waals surface area contributed by atoms with E-state index in [0.717, 1.165) is 5.56 Å². The first-order valence-electron chi connectivity index (χ1n) is 12.8. The summed E-state index contributed by atoms with van der Waals surface area (Å²) < 4.78 is 19.8. The third kappa shape index (κ3) is 7.10. The molecule has 1 aliphatic rings. The average Bonchev–Trinajstić information content (AvgIpc) is 2.94. The van der Waals surface area contributed by atoms with Gasteiger partial charge < -0.3 is 25.4 Å². The second kappa shape index (κ2) is 12.9. The maximum absolute atomic E-state index is 14.7. The standard InChI is InChI=1S/C29H31FN4O5/c1-39-27-10-7-21(18-33-27)29(38)34-14-2-4-26(36)31-13-11-19-5-9-25(35)23(16-19)22-17-20(6-8-24(22)30)28(37)32-12-3-15-34/h5-10,16-18,35H,2-4,11-15H2,1H3,(H,31,36)(H,32,37). The van der Waals surface area contributed by atoms with Gasteiger partial charge in [0, 0.05) is 61.6 Å². The topological polar surface area (TPSA) is 121 Å². The van der Waals surface area contributed by atoms with Gasteiger partial charge in [0.2, 0.25) is 11.8 Å². The minimum Gasteiger partial charge on any atom is -0.507 e. The van der Waals surface area contributed by atoms with Crippen molar-refractivity contribution in [2.75, 3.05) is 33.3 Å². The minimum atomic E-state index is -0.569. The number of aromatic nitrogens is 1. The SMILES string of the molecule is COc1ccc(C(=O)N2CCCNC(=O)c3ccc(F)c(c3)-c3cc(ccc3O)CCNC(=O)CCC2)cn1. The molecular formula is C29H31FN4O5. The van der Waals surface area contributed by atoms with Crippen molar-refractivity contribution in [2.45, 2.75) is 25.7 Å². The summed E-state index contributed by atoms with van der Waals surface area (Å²) in [7, 11) is 1.49. The number of rotatable bonds is 2. The molecule has 0 saturated heterocycles. The first-order valence-corrected chi connectivity index (χ1v) is 12.8. The summed E-state index contributed by atoms with van der Waals surface area (Å²) in [6.07, 6.45) is 3.07. The molecule has 0 radical (unpaired) electrons. The Labute approximate surface area is 226 Å². The van der Waals surface area contributed by atoms with E-state index in [4.69, 9.17) is 4.74 Å². The van der Waals surface area contributed by atoms with Gasteiger partial charge in [0.05, 0.1) is 12.7 Å². The first kappa shape index (κ1) is 27.6. The number of ether oxygens (including phenoxy) is 1. The number of nitrogens with one attached hydrogen (secondary N) is 2. The van der Waals surface area contributed by atoms with E-state index in [9.17, 15) is 23.9 Å². The number of hydrogen-bond acceptors (Lipinski definition) is 6. The van der Waals surface area contributed by atoms with Crippen LogP contribution in [-0.4, -0.2) is 66.0 Å². The van der Waals surface area contributed by atoms with Gasteiger partial charge in [0.1, 0.15) is 11.6 Å². The molecule has 2 heterocycles. The largest absolute Gasteiger partial charge is 0.507 e. The van der Waals surface area contributed by atoms with E-state index in [2.05, 4.69) is 15.6 Å². The second-order valence-corrected chi connectivity index (χ2v) is 9.24. The Morgan fingerprint density at radius 3 is 2.56 bits per heavy atom. The van der Waals surface area contributed by atoms with Crippen LogP contribution in [0.5, 0.6) is 11.6 Å². The summed E-state index contributed by atoms with van der Waals surface area (Å²) in [5.41, 5.74) is 1.81. The molecule has 1 aromatic heterocycles. The summed E-state index contributed by atoms with van der Waals surface area (Å²) >= 11 is 0. The molecule has 0 atom stereocenters. The van der Waals surface area contributed by atoms with Gasteiger partial charge in [0.25, 0.3) is 11.8 Å². The van der Waals surface area contributed by atoms with Gasteiger partial charge in [-0.05, 0) is 61.2 Å². The van der Waals surface area contributed by atoms with Crippen molar-refractivity contribution in [2.24, 2.45) is 0 Å². The van der Waals surface area contributed by atoms with Crippen LogP contribution < -0.4 is 15.4 Å². The lowest BCUT2D eigenvalue weighted by molar-refractivity contribution is -0.121. The Morgan fingerprint density at radius 1 is 0.974 bits per heavy atom. The molecule has 0 fully saturated rings. The monoisotopic (exact) mass is 534 g/mol. The van der Waals surface area contributed by atoms with Crippen molar-refractivity contribution in [3.05, 3.63) is 77.2 Å². The van der Waals surface area contributed by atoms with Gasteiger partial charge in [-0.15, -0.1) is 0 Å². The van der Waals surface area contributed by atoms with Gasteiger partial charge in [-0.3, -0.25) is 14.4 Å². The number of aromatic hydroxyl groups is 1. The van der Waals surface area contributed by atoms with E-state index in [0.29, 0.717) is 50.3 Å². The van der Waals surface area contributed by atoms with Crippen LogP contribution in [-0.2, 0) is 11.2 Å². The molecule has 9 nitrogen and oxygen atoms in total. The molecule has 0 saturated carbocycles. The van der Waals surface area contributed by atoms with Crippen molar-refractivity contribution < 1.29 is 28.6 Å². The molecule has 0 spiro atoms. The lowest BCUT2D eigenvalue weighted by Gasteiger charge is -2.23. The molecule has 3 N–H and O–H groups in total. The van der Waals surface area contributed by atoms with E-state index in [-0.39, 0.29) is 47.2 Å². The molecule has 2 aromatic carbocycles. The number of methoxy groups -OCH3 is 1. The van der Waals surface area contributed by atoms with Crippen molar-refractivity contribution >= 4 is 17.7 Å². The van der Waals surface area contributed by atoms with E-state index < -0.39 is 11.7 Å². The fraction of sp³-hybridized carbons (Fsp3) is 0.310. The van der Waals surface area contributed by atoms with Crippen LogP contribution in [0.15, 0.2) is 54.7 Å². The van der Waals surface area contributed by atoms with Gasteiger partial charge in [-0.2, -0.15) is 0 Å². The molecule has 0 aliphatic carbocycles. The van der Waals surface area contributed by atoms with Crippen LogP contribution in [0.1, 0.15) is 45.5 Å². The summed E-state index contributed by atoms with van der Waals surface area (Å²) in [5, 5.41) is 16.1. The smallest absolute Gasteiger partial charge is 0.255 e. The quantitative estimate of drug-likeness (QED) is 0.464. The zero-order valence-corrected chi connectivity index (χ0v) is 21.7. The number of carbonyl (C=O) groups excluding carboxylic acids is 3. The zero-order valence-electron chi connectivity index (χ0n) is 21.7. The lowest BCUT2D eigenvalue weighted by atomic mass is 9.98. The minimum absolute atomic E-state index is 0.105. The number of hydrogen-bond donors (Lipinski definition) is 3. The van der Waals surface area contributed by atoms with Crippen LogP contribution in [0.2, 0.25) is 0 Å². The Morgan fingerprint density at radius 2 is 1.79 bits per heavy atom. The molecule has 3 aromatic rings. The van der Waals surface area contributed by atoms with Crippen molar-refractivity contribution in [3.63, 3.8) is 0 Å². The number of pyridine rings is 1. The van der Waals surface area contributed by atoms with Crippen molar-refractivity contribution in [3.8, 4) is 22.8 Å².